The van der Waals surface area contributed by atoms with E-state index in [0.29, 0.717) is 18.8 Å². The number of amides is 1. The third kappa shape index (κ3) is 4.22. The van der Waals surface area contributed by atoms with Crippen molar-refractivity contribution in [3.63, 3.8) is 0 Å². The van der Waals surface area contributed by atoms with E-state index in [2.05, 4.69) is 10.6 Å². The maximum absolute atomic E-state index is 12.0. The van der Waals surface area contributed by atoms with E-state index >= 15 is 0 Å². The normalized spacial score (nSPS) is 10.3. The van der Waals surface area contributed by atoms with Crippen LogP contribution in [0.3, 0.4) is 0 Å². The largest absolute Gasteiger partial charge is 0.387 e. The molecule has 7 heteroatoms. The molecule has 1 aromatic rings. The molecule has 1 aromatic carbocycles. The van der Waals surface area contributed by atoms with Crippen molar-refractivity contribution in [2.75, 3.05) is 39.5 Å². The number of rotatable bonds is 6. The van der Waals surface area contributed by atoms with Gasteiger partial charge in [0.2, 0.25) is 0 Å². The minimum absolute atomic E-state index is 0.100. The summed E-state index contributed by atoms with van der Waals surface area (Å²) in [6.45, 7) is 1.19. The monoisotopic (exact) mass is 266 g/mol. The SMILES string of the molecule is CNc1ccc([N+](=O)[O-])cc1C(=O)NCCN(C)C. The van der Waals surface area contributed by atoms with E-state index in [1.807, 2.05) is 19.0 Å². The highest BCUT2D eigenvalue weighted by Crippen LogP contribution is 2.21. The Balaban J connectivity index is 2.87. The second kappa shape index (κ2) is 6.69. The van der Waals surface area contributed by atoms with Crippen molar-refractivity contribution in [1.82, 2.24) is 10.2 Å². The predicted octanol–water partition coefficient (Wildman–Crippen LogP) is 0.928. The molecular formula is C12H18N4O3. The fraction of sp³-hybridized carbons (Fsp3) is 0.417. The van der Waals surface area contributed by atoms with Crippen LogP contribution in [0, 0.1) is 10.1 Å². The van der Waals surface area contributed by atoms with Crippen molar-refractivity contribution < 1.29 is 9.72 Å². The number of nitrogens with zero attached hydrogens (tertiary/aromatic N) is 2. The lowest BCUT2D eigenvalue weighted by Crippen LogP contribution is -2.31. The first kappa shape index (κ1) is 14.9. The van der Waals surface area contributed by atoms with Gasteiger partial charge >= 0.3 is 0 Å². The van der Waals surface area contributed by atoms with Crippen molar-refractivity contribution in [3.05, 3.63) is 33.9 Å². The zero-order valence-corrected chi connectivity index (χ0v) is 11.3. The molecule has 0 radical (unpaired) electrons. The summed E-state index contributed by atoms with van der Waals surface area (Å²) in [4.78, 5) is 24.1. The molecule has 0 aliphatic carbocycles. The van der Waals surface area contributed by atoms with Crippen molar-refractivity contribution >= 4 is 17.3 Å². The van der Waals surface area contributed by atoms with Crippen LogP contribution in [0.4, 0.5) is 11.4 Å². The zero-order chi connectivity index (χ0) is 14.4. The van der Waals surface area contributed by atoms with Gasteiger partial charge in [0, 0.05) is 38.0 Å². The molecule has 0 bridgehead atoms. The highest BCUT2D eigenvalue weighted by molar-refractivity contribution is 6.00. The van der Waals surface area contributed by atoms with E-state index in [-0.39, 0.29) is 17.2 Å². The molecule has 1 rings (SSSR count). The Morgan fingerprint density at radius 2 is 2.11 bits per heavy atom. The van der Waals surface area contributed by atoms with E-state index in [1.54, 1.807) is 7.05 Å². The first-order valence-electron chi connectivity index (χ1n) is 5.85. The fourth-order valence-electron chi connectivity index (χ4n) is 1.54. The number of nitro benzene ring substituents is 1. The minimum Gasteiger partial charge on any atom is -0.387 e. The van der Waals surface area contributed by atoms with Gasteiger partial charge in [0.15, 0.2) is 0 Å². The lowest BCUT2D eigenvalue weighted by atomic mass is 10.1. The molecule has 0 spiro atoms. The summed E-state index contributed by atoms with van der Waals surface area (Å²) in [5.41, 5.74) is 0.736. The Labute approximate surface area is 111 Å². The van der Waals surface area contributed by atoms with Crippen LogP contribution in [0.1, 0.15) is 10.4 Å². The third-order valence-electron chi connectivity index (χ3n) is 2.57. The van der Waals surface area contributed by atoms with Gasteiger partial charge < -0.3 is 15.5 Å². The van der Waals surface area contributed by atoms with Crippen molar-refractivity contribution in [3.8, 4) is 0 Å². The summed E-state index contributed by atoms with van der Waals surface area (Å²) in [6.07, 6.45) is 0. The highest BCUT2D eigenvalue weighted by Gasteiger charge is 2.15. The summed E-state index contributed by atoms with van der Waals surface area (Å²) in [5.74, 6) is -0.324. The molecule has 19 heavy (non-hydrogen) atoms. The van der Waals surface area contributed by atoms with Gasteiger partial charge in [-0.05, 0) is 20.2 Å². The Kier molecular flexibility index (Phi) is 5.25. The number of nitro groups is 1. The molecule has 0 saturated heterocycles. The molecule has 1 amide bonds. The first-order chi connectivity index (χ1) is 8.95. The molecule has 7 nitrogen and oxygen atoms in total. The molecule has 0 atom stereocenters. The molecule has 104 valence electrons. The standard InChI is InChI=1S/C12H18N4O3/c1-13-11-5-4-9(16(18)19)8-10(11)12(17)14-6-7-15(2)3/h4-5,8,13H,6-7H2,1-3H3,(H,14,17). The molecule has 0 heterocycles. The van der Waals surface area contributed by atoms with Crippen LogP contribution in [0.2, 0.25) is 0 Å². The van der Waals surface area contributed by atoms with Gasteiger partial charge in [0.05, 0.1) is 10.5 Å². The molecule has 0 aliphatic rings. The summed E-state index contributed by atoms with van der Waals surface area (Å²) in [7, 11) is 5.47. The van der Waals surface area contributed by atoms with Crippen LogP contribution in [-0.4, -0.2) is 50.0 Å². The quantitative estimate of drug-likeness (QED) is 0.590. The summed E-state index contributed by atoms with van der Waals surface area (Å²) in [5, 5.41) is 16.3. The van der Waals surface area contributed by atoms with Gasteiger partial charge in [-0.25, -0.2) is 0 Å². The number of benzene rings is 1. The zero-order valence-electron chi connectivity index (χ0n) is 11.3. The number of likely N-dealkylation sites (N-methyl/N-ethyl adjacent to an activating group) is 1. The number of hydrogen-bond acceptors (Lipinski definition) is 5. The van der Waals surface area contributed by atoms with E-state index < -0.39 is 4.92 Å². The maximum atomic E-state index is 12.0. The fourth-order valence-corrected chi connectivity index (χ4v) is 1.54. The number of hydrogen-bond donors (Lipinski definition) is 2. The van der Waals surface area contributed by atoms with Crippen molar-refractivity contribution in [2.45, 2.75) is 0 Å². The second-order valence-electron chi connectivity index (χ2n) is 4.30. The molecule has 0 aromatic heterocycles. The predicted molar refractivity (Wildman–Crippen MR) is 73.5 cm³/mol. The Morgan fingerprint density at radius 1 is 1.42 bits per heavy atom. The van der Waals surface area contributed by atoms with Crippen LogP contribution >= 0.6 is 0 Å². The molecule has 0 fully saturated rings. The molecule has 0 aliphatic heterocycles. The van der Waals surface area contributed by atoms with Crippen LogP contribution in [0.5, 0.6) is 0 Å². The number of non-ortho nitro benzene ring substituents is 1. The number of carbonyl (C=O) groups excluding carboxylic acids is 1. The van der Waals surface area contributed by atoms with E-state index in [0.717, 1.165) is 0 Å². The smallest absolute Gasteiger partial charge is 0.270 e. The highest BCUT2D eigenvalue weighted by atomic mass is 16.6. The van der Waals surface area contributed by atoms with Gasteiger partial charge in [0.1, 0.15) is 0 Å². The Morgan fingerprint density at radius 3 is 2.63 bits per heavy atom. The van der Waals surface area contributed by atoms with Crippen molar-refractivity contribution in [1.29, 1.82) is 0 Å². The lowest BCUT2D eigenvalue weighted by molar-refractivity contribution is -0.384. The summed E-state index contributed by atoms with van der Waals surface area (Å²) < 4.78 is 0. The second-order valence-corrected chi connectivity index (χ2v) is 4.30. The maximum Gasteiger partial charge on any atom is 0.270 e. The molecule has 0 unspecified atom stereocenters. The number of nitrogens with one attached hydrogen (secondary N) is 2. The van der Waals surface area contributed by atoms with Crippen molar-refractivity contribution in [2.24, 2.45) is 0 Å². The number of anilines is 1. The third-order valence-corrected chi connectivity index (χ3v) is 2.57. The minimum atomic E-state index is -0.518. The molecule has 0 saturated carbocycles. The lowest BCUT2D eigenvalue weighted by Gasteiger charge is -2.12. The van der Waals surface area contributed by atoms with Gasteiger partial charge in [0.25, 0.3) is 11.6 Å². The average molecular weight is 266 g/mol. The average Bonchev–Trinajstić information content (AvgIpc) is 2.37. The number of carbonyl (C=O) groups is 1. The Hall–Kier alpha value is -2.15. The van der Waals surface area contributed by atoms with E-state index in [9.17, 15) is 14.9 Å². The van der Waals surface area contributed by atoms with Crippen LogP contribution in [0.25, 0.3) is 0 Å². The Bertz CT molecular complexity index is 474. The topological polar surface area (TPSA) is 87.5 Å². The van der Waals surface area contributed by atoms with Gasteiger partial charge in [-0.2, -0.15) is 0 Å². The van der Waals surface area contributed by atoms with Gasteiger partial charge in [-0.15, -0.1) is 0 Å². The van der Waals surface area contributed by atoms with Gasteiger partial charge in [-0.1, -0.05) is 0 Å². The van der Waals surface area contributed by atoms with Crippen LogP contribution in [-0.2, 0) is 0 Å². The van der Waals surface area contributed by atoms with Crippen LogP contribution < -0.4 is 10.6 Å². The van der Waals surface area contributed by atoms with E-state index in [4.69, 9.17) is 0 Å². The van der Waals surface area contributed by atoms with E-state index in [1.165, 1.54) is 18.2 Å². The summed E-state index contributed by atoms with van der Waals surface area (Å²) >= 11 is 0. The summed E-state index contributed by atoms with van der Waals surface area (Å²) in [6, 6.07) is 4.16. The first-order valence-corrected chi connectivity index (χ1v) is 5.85. The van der Waals surface area contributed by atoms with Gasteiger partial charge in [-0.3, -0.25) is 14.9 Å². The molecular weight excluding hydrogens is 248 g/mol. The van der Waals surface area contributed by atoms with Crippen LogP contribution in [0.15, 0.2) is 18.2 Å². The molecule has 2 N–H and O–H groups in total.